The molecule has 0 aliphatic carbocycles. The molecule has 1 heterocycles. The van der Waals surface area contributed by atoms with Gasteiger partial charge in [-0.05, 0) is 6.92 Å². The van der Waals surface area contributed by atoms with Crippen LogP contribution in [0.2, 0.25) is 0 Å². The van der Waals surface area contributed by atoms with Crippen LogP contribution in [0.15, 0.2) is 0 Å². The van der Waals surface area contributed by atoms with Gasteiger partial charge in [-0.3, -0.25) is 0 Å². The van der Waals surface area contributed by atoms with Gasteiger partial charge in [-0.2, -0.15) is 5.26 Å². The highest BCUT2D eigenvalue weighted by Gasteiger charge is 2.33. The minimum atomic E-state index is -0.883. The highest BCUT2D eigenvalue weighted by molar-refractivity contribution is 5.66. The number of carboxylic acid groups (broad SMARTS) is 1. The van der Waals surface area contributed by atoms with Crippen molar-refractivity contribution in [2.75, 3.05) is 13.1 Å². The van der Waals surface area contributed by atoms with Crippen LogP contribution < -0.4 is 0 Å². The molecule has 0 spiro atoms. The third-order valence-electron chi connectivity index (χ3n) is 2.09. The molecule has 1 N–H and O–H groups in total. The first-order valence-electron chi connectivity index (χ1n) is 3.52. The van der Waals surface area contributed by atoms with Crippen LogP contribution in [0.3, 0.4) is 0 Å². The lowest BCUT2D eigenvalue weighted by atomic mass is 9.88. The fraction of sp³-hybridized carbons (Fsp3) is 0.714. The monoisotopic (exact) mass is 154 g/mol. The average molecular weight is 154 g/mol. The minimum Gasteiger partial charge on any atom is -0.465 e. The van der Waals surface area contributed by atoms with Crippen molar-refractivity contribution in [3.63, 3.8) is 0 Å². The maximum absolute atomic E-state index is 10.3. The Morgan fingerprint density at radius 2 is 2.36 bits per heavy atom. The molecule has 4 nitrogen and oxygen atoms in total. The van der Waals surface area contributed by atoms with Gasteiger partial charge < -0.3 is 10.0 Å². The molecule has 0 aromatic rings. The molecular weight excluding hydrogens is 144 g/mol. The number of nitriles is 1. The summed E-state index contributed by atoms with van der Waals surface area (Å²) in [6, 6.07) is 2.11. The van der Waals surface area contributed by atoms with Gasteiger partial charge in [0.15, 0.2) is 0 Å². The molecule has 4 heteroatoms. The van der Waals surface area contributed by atoms with Crippen LogP contribution >= 0.6 is 0 Å². The number of nitrogens with zero attached hydrogens (tertiary/aromatic N) is 2. The van der Waals surface area contributed by atoms with Gasteiger partial charge in [0.2, 0.25) is 0 Å². The highest BCUT2D eigenvalue weighted by atomic mass is 16.4. The van der Waals surface area contributed by atoms with Crippen molar-refractivity contribution < 1.29 is 9.90 Å². The second-order valence-electron chi connectivity index (χ2n) is 2.87. The van der Waals surface area contributed by atoms with Gasteiger partial charge in [0.25, 0.3) is 0 Å². The normalized spacial score (nSPS) is 20.2. The van der Waals surface area contributed by atoms with E-state index in [-0.39, 0.29) is 11.8 Å². The molecular formula is C7H10N2O2. The van der Waals surface area contributed by atoms with Gasteiger partial charge in [-0.1, -0.05) is 0 Å². The van der Waals surface area contributed by atoms with E-state index < -0.39 is 6.09 Å². The van der Waals surface area contributed by atoms with Crippen LogP contribution in [-0.2, 0) is 0 Å². The Kier molecular flexibility index (Phi) is 1.99. The minimum absolute atomic E-state index is 0.0226. The maximum Gasteiger partial charge on any atom is 0.407 e. The number of hydrogen-bond donors (Lipinski definition) is 1. The average Bonchev–Trinajstić information content (AvgIpc) is 1.83. The Bertz CT molecular complexity index is 203. The van der Waals surface area contributed by atoms with E-state index >= 15 is 0 Å². The summed E-state index contributed by atoms with van der Waals surface area (Å²) in [7, 11) is 0. The van der Waals surface area contributed by atoms with E-state index in [2.05, 4.69) is 6.07 Å². The fourth-order valence-electron chi connectivity index (χ4n) is 1.09. The predicted octanol–water partition coefficient (Wildman–Crippen LogP) is 0.756. The van der Waals surface area contributed by atoms with E-state index in [1.54, 1.807) is 0 Å². The number of hydrogen-bond acceptors (Lipinski definition) is 2. The van der Waals surface area contributed by atoms with E-state index in [1.165, 1.54) is 4.90 Å². The Balaban J connectivity index is 2.30. The lowest BCUT2D eigenvalue weighted by Gasteiger charge is -2.38. The Hall–Kier alpha value is -1.24. The standard InChI is InChI=1S/C7H10N2O2/c1-5(2-8)6-3-9(4-6)7(10)11/h5-6H,3-4H2,1H3,(H,10,11). The van der Waals surface area contributed by atoms with Gasteiger partial charge >= 0.3 is 6.09 Å². The number of carbonyl (C=O) groups is 1. The van der Waals surface area contributed by atoms with E-state index in [1.807, 2.05) is 6.92 Å². The number of amides is 1. The third-order valence-corrected chi connectivity index (χ3v) is 2.09. The summed E-state index contributed by atoms with van der Waals surface area (Å²) in [6.07, 6.45) is -0.883. The van der Waals surface area contributed by atoms with Crippen molar-refractivity contribution in [2.45, 2.75) is 6.92 Å². The van der Waals surface area contributed by atoms with Crippen LogP contribution in [0.4, 0.5) is 4.79 Å². The number of rotatable bonds is 1. The van der Waals surface area contributed by atoms with Crippen molar-refractivity contribution in [3.05, 3.63) is 0 Å². The second-order valence-corrected chi connectivity index (χ2v) is 2.87. The van der Waals surface area contributed by atoms with Crippen LogP contribution in [0.25, 0.3) is 0 Å². The van der Waals surface area contributed by atoms with Gasteiger partial charge in [0.1, 0.15) is 0 Å². The van der Waals surface area contributed by atoms with Crippen LogP contribution in [-0.4, -0.2) is 29.2 Å². The molecule has 60 valence electrons. The van der Waals surface area contributed by atoms with Gasteiger partial charge in [-0.25, -0.2) is 4.79 Å². The molecule has 1 unspecified atom stereocenters. The SMILES string of the molecule is CC(C#N)C1CN(C(=O)O)C1. The number of likely N-dealkylation sites (tertiary alicyclic amines) is 1. The molecule has 0 radical (unpaired) electrons. The largest absolute Gasteiger partial charge is 0.465 e. The molecule has 0 bridgehead atoms. The van der Waals surface area contributed by atoms with E-state index in [4.69, 9.17) is 10.4 Å². The van der Waals surface area contributed by atoms with E-state index in [0.717, 1.165) is 0 Å². The summed E-state index contributed by atoms with van der Waals surface area (Å²) in [4.78, 5) is 11.6. The molecule has 1 rings (SSSR count). The smallest absolute Gasteiger partial charge is 0.407 e. The van der Waals surface area contributed by atoms with Crippen LogP contribution in [0.5, 0.6) is 0 Å². The highest BCUT2D eigenvalue weighted by Crippen LogP contribution is 2.22. The first kappa shape index (κ1) is 7.86. The summed E-state index contributed by atoms with van der Waals surface area (Å²) >= 11 is 0. The Morgan fingerprint density at radius 3 is 2.73 bits per heavy atom. The van der Waals surface area contributed by atoms with E-state index in [0.29, 0.717) is 13.1 Å². The van der Waals surface area contributed by atoms with Crippen molar-refractivity contribution in [1.29, 1.82) is 5.26 Å². The summed E-state index contributed by atoms with van der Waals surface area (Å²) in [5.74, 6) is 0.224. The zero-order chi connectivity index (χ0) is 8.43. The summed E-state index contributed by atoms with van der Waals surface area (Å²) in [5, 5.41) is 16.9. The van der Waals surface area contributed by atoms with Gasteiger partial charge in [0.05, 0.1) is 6.07 Å². The second kappa shape index (κ2) is 2.79. The van der Waals surface area contributed by atoms with Crippen molar-refractivity contribution in [3.8, 4) is 6.07 Å². The predicted molar refractivity (Wildman–Crippen MR) is 37.9 cm³/mol. The molecule has 11 heavy (non-hydrogen) atoms. The molecule has 1 aliphatic rings. The lowest BCUT2D eigenvalue weighted by molar-refractivity contribution is 0.0690. The quantitative estimate of drug-likeness (QED) is 0.606. The Labute approximate surface area is 65.0 Å². The molecule has 1 saturated heterocycles. The molecule has 0 saturated carbocycles. The first-order chi connectivity index (χ1) is 5.15. The molecule has 0 aromatic heterocycles. The summed E-state index contributed by atoms with van der Waals surface area (Å²) < 4.78 is 0. The zero-order valence-corrected chi connectivity index (χ0v) is 6.32. The van der Waals surface area contributed by atoms with Crippen molar-refractivity contribution >= 4 is 6.09 Å². The molecule has 1 aliphatic heterocycles. The fourth-order valence-corrected chi connectivity index (χ4v) is 1.09. The molecule has 1 fully saturated rings. The van der Waals surface area contributed by atoms with Crippen molar-refractivity contribution in [2.24, 2.45) is 11.8 Å². The van der Waals surface area contributed by atoms with Crippen LogP contribution in [0, 0.1) is 23.2 Å². The molecule has 0 aromatic carbocycles. The van der Waals surface area contributed by atoms with Crippen molar-refractivity contribution in [1.82, 2.24) is 4.90 Å². The van der Waals surface area contributed by atoms with Gasteiger partial charge in [-0.15, -0.1) is 0 Å². The topological polar surface area (TPSA) is 64.3 Å². The summed E-state index contributed by atoms with van der Waals surface area (Å²) in [6.45, 7) is 2.86. The lowest BCUT2D eigenvalue weighted by Crippen LogP contribution is -2.51. The molecule has 1 amide bonds. The molecule has 1 atom stereocenters. The third kappa shape index (κ3) is 1.43. The summed E-state index contributed by atoms with van der Waals surface area (Å²) in [5.41, 5.74) is 0. The maximum atomic E-state index is 10.3. The van der Waals surface area contributed by atoms with E-state index in [9.17, 15) is 4.79 Å². The Morgan fingerprint density at radius 1 is 1.82 bits per heavy atom. The van der Waals surface area contributed by atoms with Crippen LogP contribution in [0.1, 0.15) is 6.92 Å². The van der Waals surface area contributed by atoms with Gasteiger partial charge in [0, 0.05) is 24.9 Å². The zero-order valence-electron chi connectivity index (χ0n) is 6.32. The first-order valence-corrected chi connectivity index (χ1v) is 3.52.